The summed E-state index contributed by atoms with van der Waals surface area (Å²) in [6.07, 6.45) is 2.42. The first-order valence-electron chi connectivity index (χ1n) is 9.47. The Kier molecular flexibility index (Phi) is 9.96. The van der Waals surface area contributed by atoms with E-state index in [9.17, 15) is 14.4 Å². The average molecular weight is 412 g/mol. The Hall–Kier alpha value is -2.12. The summed E-state index contributed by atoms with van der Waals surface area (Å²) in [4.78, 5) is 37.9. The topological polar surface area (TPSA) is 102 Å². The second-order valence-corrected chi connectivity index (χ2v) is 6.87. The first-order valence-corrected chi connectivity index (χ1v) is 9.47. The van der Waals surface area contributed by atoms with Crippen molar-refractivity contribution in [1.29, 1.82) is 0 Å². The van der Waals surface area contributed by atoms with Gasteiger partial charge in [0.1, 0.15) is 5.75 Å². The van der Waals surface area contributed by atoms with Gasteiger partial charge in [0.15, 0.2) is 11.9 Å². The van der Waals surface area contributed by atoms with Crippen molar-refractivity contribution in [2.45, 2.75) is 51.7 Å². The molecule has 1 saturated heterocycles. The molecule has 0 spiro atoms. The Balaban J connectivity index is 0.00000392. The fraction of sp³-hybridized carbons (Fsp3) is 0.550. The lowest BCUT2D eigenvalue weighted by atomic mass is 10.0. The van der Waals surface area contributed by atoms with Crippen LogP contribution in [-0.2, 0) is 9.59 Å². The molecule has 0 aromatic heterocycles. The molecule has 0 saturated carbocycles. The summed E-state index contributed by atoms with van der Waals surface area (Å²) in [6, 6.07) is 6.79. The van der Waals surface area contributed by atoms with Gasteiger partial charge < -0.3 is 20.7 Å². The van der Waals surface area contributed by atoms with E-state index < -0.39 is 6.10 Å². The first kappa shape index (κ1) is 23.9. The highest BCUT2D eigenvalue weighted by atomic mass is 35.5. The third kappa shape index (κ3) is 6.80. The molecule has 1 fully saturated rings. The number of nitrogens with two attached hydrogens (primary N) is 1. The first-order chi connectivity index (χ1) is 12.9. The second kappa shape index (κ2) is 11.7. The molecule has 1 aliphatic heterocycles. The van der Waals surface area contributed by atoms with Crippen LogP contribution in [0.1, 0.15) is 49.9 Å². The van der Waals surface area contributed by atoms with E-state index in [1.165, 1.54) is 6.92 Å². The molecule has 1 heterocycles. The van der Waals surface area contributed by atoms with Crippen molar-refractivity contribution in [1.82, 2.24) is 10.2 Å². The van der Waals surface area contributed by atoms with Gasteiger partial charge in [-0.3, -0.25) is 14.4 Å². The number of benzene rings is 1. The minimum absolute atomic E-state index is 0. The number of rotatable bonds is 8. The van der Waals surface area contributed by atoms with Crippen LogP contribution in [0.4, 0.5) is 0 Å². The van der Waals surface area contributed by atoms with Gasteiger partial charge in [-0.05, 0) is 45.2 Å². The molecule has 1 aromatic carbocycles. The second-order valence-electron chi connectivity index (χ2n) is 6.87. The van der Waals surface area contributed by atoms with Gasteiger partial charge >= 0.3 is 0 Å². The summed E-state index contributed by atoms with van der Waals surface area (Å²) in [5.41, 5.74) is 5.94. The number of carbonyl (C=O) groups excluding carboxylic acids is 3. The fourth-order valence-corrected chi connectivity index (χ4v) is 3.23. The highest BCUT2D eigenvalue weighted by Gasteiger charge is 2.30. The molecule has 2 rings (SSSR count). The zero-order valence-electron chi connectivity index (χ0n) is 16.5. The molecule has 0 radical (unpaired) electrons. The summed E-state index contributed by atoms with van der Waals surface area (Å²) in [7, 11) is 0. The number of carbonyl (C=O) groups is 3. The Morgan fingerprint density at radius 2 is 2.07 bits per heavy atom. The molecule has 1 aromatic rings. The van der Waals surface area contributed by atoms with E-state index in [4.69, 9.17) is 10.5 Å². The number of nitrogens with one attached hydrogen (secondary N) is 1. The predicted octanol–water partition coefficient (Wildman–Crippen LogP) is 1.92. The standard InChI is InChI=1S/C20H29N3O4.ClH/c1-14(24)16-6-5-8-18(12-16)27-15(2)20(26)23-11-4-3-7-17(23)13-22-19(25)9-10-21;/h5-6,8,12,15,17H,3-4,7,9-11,13,21H2,1-2H3,(H,22,25);1H. The maximum absolute atomic E-state index is 12.9. The van der Waals surface area contributed by atoms with Crippen molar-refractivity contribution < 1.29 is 19.1 Å². The van der Waals surface area contributed by atoms with Gasteiger partial charge in [-0.1, -0.05) is 12.1 Å². The Morgan fingerprint density at radius 3 is 2.75 bits per heavy atom. The molecular weight excluding hydrogens is 382 g/mol. The fourth-order valence-electron chi connectivity index (χ4n) is 3.23. The molecule has 0 bridgehead atoms. The van der Waals surface area contributed by atoms with Crippen molar-refractivity contribution in [3.8, 4) is 5.75 Å². The van der Waals surface area contributed by atoms with Crippen LogP contribution in [0.5, 0.6) is 5.75 Å². The van der Waals surface area contributed by atoms with Gasteiger partial charge in [0.2, 0.25) is 5.91 Å². The van der Waals surface area contributed by atoms with Crippen LogP contribution in [0, 0.1) is 0 Å². The largest absolute Gasteiger partial charge is 0.481 e. The van der Waals surface area contributed by atoms with Gasteiger partial charge in [-0.2, -0.15) is 0 Å². The lowest BCUT2D eigenvalue weighted by molar-refractivity contribution is -0.142. The highest BCUT2D eigenvalue weighted by Crippen LogP contribution is 2.20. The maximum atomic E-state index is 12.9. The van der Waals surface area contributed by atoms with Crippen LogP contribution in [0.15, 0.2) is 24.3 Å². The molecule has 28 heavy (non-hydrogen) atoms. The predicted molar refractivity (Wildman–Crippen MR) is 110 cm³/mol. The lowest BCUT2D eigenvalue weighted by Crippen LogP contribution is -2.52. The van der Waals surface area contributed by atoms with E-state index >= 15 is 0 Å². The molecule has 2 atom stereocenters. The zero-order chi connectivity index (χ0) is 19.8. The van der Waals surface area contributed by atoms with Gasteiger partial charge in [0.05, 0.1) is 0 Å². The maximum Gasteiger partial charge on any atom is 0.263 e. The number of likely N-dealkylation sites (tertiary alicyclic amines) is 1. The van der Waals surface area contributed by atoms with E-state index in [0.29, 0.717) is 30.9 Å². The van der Waals surface area contributed by atoms with Gasteiger partial charge in [0.25, 0.3) is 5.91 Å². The number of hydrogen-bond donors (Lipinski definition) is 2. The van der Waals surface area contributed by atoms with Gasteiger partial charge in [0, 0.05) is 37.7 Å². The normalized spacial score (nSPS) is 17.2. The van der Waals surface area contributed by atoms with Crippen LogP contribution in [0.25, 0.3) is 0 Å². The summed E-state index contributed by atoms with van der Waals surface area (Å²) in [6.45, 7) is 4.59. The molecule has 2 unspecified atom stereocenters. The number of nitrogens with zero attached hydrogens (tertiary/aromatic N) is 1. The summed E-state index contributed by atoms with van der Waals surface area (Å²) in [5, 5.41) is 2.86. The quantitative estimate of drug-likeness (QED) is 0.636. The third-order valence-corrected chi connectivity index (χ3v) is 4.72. The average Bonchev–Trinajstić information content (AvgIpc) is 2.66. The lowest BCUT2D eigenvalue weighted by Gasteiger charge is -2.37. The smallest absolute Gasteiger partial charge is 0.263 e. The molecule has 1 aliphatic rings. The number of ether oxygens (including phenoxy) is 1. The van der Waals surface area contributed by atoms with Crippen molar-refractivity contribution in [3.63, 3.8) is 0 Å². The van der Waals surface area contributed by atoms with Crippen molar-refractivity contribution >= 4 is 30.0 Å². The number of amides is 2. The number of halogens is 1. The zero-order valence-corrected chi connectivity index (χ0v) is 17.3. The SMILES string of the molecule is CC(=O)c1cccc(OC(C)C(=O)N2CCCCC2CNC(=O)CCN)c1.Cl. The molecule has 3 N–H and O–H groups in total. The van der Waals surface area contributed by atoms with E-state index in [1.807, 2.05) is 0 Å². The van der Waals surface area contributed by atoms with Crippen LogP contribution in [0.2, 0.25) is 0 Å². The van der Waals surface area contributed by atoms with E-state index in [1.54, 1.807) is 36.1 Å². The molecule has 156 valence electrons. The summed E-state index contributed by atoms with van der Waals surface area (Å²) in [5.74, 6) is 0.235. The van der Waals surface area contributed by atoms with E-state index in [2.05, 4.69) is 5.32 Å². The molecule has 8 heteroatoms. The Labute approximate surface area is 172 Å². The highest BCUT2D eigenvalue weighted by molar-refractivity contribution is 5.94. The number of ketones is 1. The van der Waals surface area contributed by atoms with Crippen LogP contribution in [-0.4, -0.2) is 54.3 Å². The van der Waals surface area contributed by atoms with Crippen molar-refractivity contribution in [2.24, 2.45) is 5.73 Å². The number of hydrogen-bond acceptors (Lipinski definition) is 5. The molecule has 2 amide bonds. The van der Waals surface area contributed by atoms with E-state index in [-0.39, 0.29) is 42.5 Å². The van der Waals surface area contributed by atoms with Gasteiger partial charge in [-0.15, -0.1) is 12.4 Å². The van der Waals surface area contributed by atoms with Crippen LogP contribution < -0.4 is 15.8 Å². The number of Topliss-reactive ketones (excluding diaryl/α,β-unsaturated/α-hetero) is 1. The van der Waals surface area contributed by atoms with Crippen molar-refractivity contribution in [2.75, 3.05) is 19.6 Å². The molecule has 0 aliphatic carbocycles. The minimum atomic E-state index is -0.674. The molecule has 7 nitrogen and oxygen atoms in total. The van der Waals surface area contributed by atoms with E-state index in [0.717, 1.165) is 19.3 Å². The monoisotopic (exact) mass is 411 g/mol. The number of piperidine rings is 1. The minimum Gasteiger partial charge on any atom is -0.481 e. The van der Waals surface area contributed by atoms with Gasteiger partial charge in [-0.25, -0.2) is 0 Å². The van der Waals surface area contributed by atoms with Crippen molar-refractivity contribution in [3.05, 3.63) is 29.8 Å². The summed E-state index contributed by atoms with van der Waals surface area (Å²) >= 11 is 0. The van der Waals surface area contributed by atoms with Crippen LogP contribution >= 0.6 is 12.4 Å². The Morgan fingerprint density at radius 1 is 1.32 bits per heavy atom. The van der Waals surface area contributed by atoms with Crippen LogP contribution in [0.3, 0.4) is 0 Å². The summed E-state index contributed by atoms with van der Waals surface area (Å²) < 4.78 is 5.79. The Bertz CT molecular complexity index is 683. The molecular formula is C20H30ClN3O4. The third-order valence-electron chi connectivity index (χ3n) is 4.72.